The number of hydrogen-bond donors (Lipinski definition) is 8. The molecule has 0 amide bonds. The molecular weight excluding hydrogens is 508 g/mol. The van der Waals surface area contributed by atoms with Gasteiger partial charge in [-0.15, -0.1) is 0 Å². The maximum Gasteiger partial charge on any atom is 0.133 e. The van der Waals surface area contributed by atoms with Crippen LogP contribution >= 0.6 is 0 Å². The number of benzene rings is 2. The predicted octanol–water partition coefficient (Wildman–Crippen LogP) is 0.0515. The van der Waals surface area contributed by atoms with Crippen molar-refractivity contribution in [3.05, 3.63) is 64.2 Å². The van der Waals surface area contributed by atoms with E-state index in [4.69, 9.17) is 4.74 Å². The highest BCUT2D eigenvalue weighted by Crippen LogP contribution is 2.38. The number of aryl methyl sites for hydroxylation is 2. The number of carbonyl (C=O) groups excluding carboxylic acids is 1. The van der Waals surface area contributed by atoms with Gasteiger partial charge in [-0.2, -0.15) is 0 Å². The second kappa shape index (κ2) is 13.8. The molecule has 2 aromatic rings. The van der Waals surface area contributed by atoms with E-state index in [1.54, 1.807) is 12.1 Å². The Morgan fingerprint density at radius 2 is 1.51 bits per heavy atom. The van der Waals surface area contributed by atoms with E-state index in [2.05, 4.69) is 0 Å². The van der Waals surface area contributed by atoms with Crippen LogP contribution in [0.1, 0.15) is 53.2 Å². The lowest BCUT2D eigenvalue weighted by Gasteiger charge is -2.40. The van der Waals surface area contributed by atoms with Crippen molar-refractivity contribution >= 4 is 5.78 Å². The summed E-state index contributed by atoms with van der Waals surface area (Å²) in [6.45, 7) is -0.0973. The van der Waals surface area contributed by atoms with Crippen molar-refractivity contribution in [3.8, 4) is 5.75 Å². The van der Waals surface area contributed by atoms with E-state index in [-0.39, 0.29) is 29.9 Å². The number of aliphatic hydroxyl groups is 7. The molecule has 3 rings (SSSR count). The second-order valence-corrected chi connectivity index (χ2v) is 10.6. The summed E-state index contributed by atoms with van der Waals surface area (Å²) in [4.78, 5) is 12.3. The van der Waals surface area contributed by atoms with E-state index in [1.807, 2.05) is 31.2 Å². The molecular formula is C29H40O10. The van der Waals surface area contributed by atoms with Crippen LogP contribution in [-0.2, 0) is 22.4 Å². The summed E-state index contributed by atoms with van der Waals surface area (Å²) in [5.74, 6) is -0.249. The van der Waals surface area contributed by atoms with Crippen LogP contribution in [0.25, 0.3) is 0 Å². The summed E-state index contributed by atoms with van der Waals surface area (Å²) in [5.41, 5.74) is 2.76. The number of phenolic OH excluding ortho intramolecular Hbond substituents is 1. The van der Waals surface area contributed by atoms with E-state index >= 15 is 0 Å². The number of Topliss-reactive ketones (excluding diaryl/α,β-unsaturated/α-hetero) is 1. The molecule has 10 heteroatoms. The SMILES string of the molecule is Cc1cc(O)c([C@@H]2O[C@H](CO)[C@@H](O)[C@H](O)[C@H]2O)cc1Cc1ccc(CCCC(=O)CC(CO)(CO)CO)cc1. The third-order valence-corrected chi connectivity index (χ3v) is 7.60. The van der Waals surface area contributed by atoms with Gasteiger partial charge in [0, 0.05) is 23.8 Å². The molecule has 0 spiro atoms. The third-order valence-electron chi connectivity index (χ3n) is 7.60. The molecule has 0 bridgehead atoms. The maximum atomic E-state index is 12.3. The molecule has 0 unspecified atom stereocenters. The summed E-state index contributed by atoms with van der Waals surface area (Å²) in [7, 11) is 0. The van der Waals surface area contributed by atoms with Crippen molar-refractivity contribution in [2.45, 2.75) is 69.5 Å². The van der Waals surface area contributed by atoms with E-state index in [9.17, 15) is 45.6 Å². The van der Waals surface area contributed by atoms with E-state index in [0.29, 0.717) is 19.3 Å². The van der Waals surface area contributed by atoms with Crippen molar-refractivity contribution in [2.75, 3.05) is 26.4 Å². The van der Waals surface area contributed by atoms with E-state index in [0.717, 1.165) is 22.3 Å². The lowest BCUT2D eigenvalue weighted by atomic mass is 9.84. The van der Waals surface area contributed by atoms with Gasteiger partial charge in [0.05, 0.1) is 26.4 Å². The zero-order valence-electron chi connectivity index (χ0n) is 22.1. The minimum Gasteiger partial charge on any atom is -0.508 e. The maximum absolute atomic E-state index is 12.3. The Morgan fingerprint density at radius 3 is 2.10 bits per heavy atom. The molecule has 8 N–H and O–H groups in total. The van der Waals surface area contributed by atoms with Gasteiger partial charge < -0.3 is 45.6 Å². The van der Waals surface area contributed by atoms with Crippen molar-refractivity contribution in [1.29, 1.82) is 0 Å². The highest BCUT2D eigenvalue weighted by Gasteiger charge is 2.44. The van der Waals surface area contributed by atoms with Crippen LogP contribution in [0, 0.1) is 12.3 Å². The van der Waals surface area contributed by atoms with Crippen LogP contribution in [0.4, 0.5) is 0 Å². The molecule has 0 saturated carbocycles. The smallest absolute Gasteiger partial charge is 0.133 e. The molecule has 0 aliphatic carbocycles. The fourth-order valence-corrected chi connectivity index (χ4v) is 4.89. The molecule has 39 heavy (non-hydrogen) atoms. The predicted molar refractivity (Wildman–Crippen MR) is 141 cm³/mol. The number of rotatable bonds is 13. The van der Waals surface area contributed by atoms with Crippen LogP contribution in [0.2, 0.25) is 0 Å². The number of hydrogen-bond acceptors (Lipinski definition) is 10. The van der Waals surface area contributed by atoms with Crippen LogP contribution in [0.3, 0.4) is 0 Å². The standard InChI is InChI=1S/C29H40O10/c1-17-9-23(35)22(28-27(38)26(37)25(36)24(13-30)39-28)11-20(17)10-19-7-5-18(6-8-19)3-2-4-21(34)12-29(14-31,15-32)16-33/h5-9,11,24-28,30-33,35-38H,2-4,10,12-16H2,1H3/t24-,25-,26+,27-,28+/m1/s1. The number of carbonyl (C=O) groups is 1. The Hall–Kier alpha value is -2.41. The topological polar surface area (TPSA) is 188 Å². The van der Waals surface area contributed by atoms with Gasteiger partial charge in [0.2, 0.25) is 0 Å². The van der Waals surface area contributed by atoms with E-state index in [1.165, 1.54) is 0 Å². The highest BCUT2D eigenvalue weighted by atomic mass is 16.5. The fourth-order valence-electron chi connectivity index (χ4n) is 4.89. The number of ketones is 1. The highest BCUT2D eigenvalue weighted by molar-refractivity contribution is 5.79. The molecule has 1 aliphatic rings. The molecule has 1 heterocycles. The Kier molecular flexibility index (Phi) is 11.0. The zero-order valence-corrected chi connectivity index (χ0v) is 22.1. The molecule has 1 saturated heterocycles. The minimum atomic E-state index is -1.55. The lowest BCUT2D eigenvalue weighted by Crippen LogP contribution is -2.55. The lowest BCUT2D eigenvalue weighted by molar-refractivity contribution is -0.232. The number of aliphatic hydroxyl groups excluding tert-OH is 7. The van der Waals surface area contributed by atoms with Gasteiger partial charge in [-0.05, 0) is 60.6 Å². The second-order valence-electron chi connectivity index (χ2n) is 10.6. The van der Waals surface area contributed by atoms with Gasteiger partial charge >= 0.3 is 0 Å². The average molecular weight is 549 g/mol. The summed E-state index contributed by atoms with van der Waals surface area (Å²) < 4.78 is 5.63. The first-order valence-electron chi connectivity index (χ1n) is 13.1. The zero-order chi connectivity index (χ0) is 28.7. The normalized spacial score (nSPS) is 23.6. The molecule has 2 aromatic carbocycles. The average Bonchev–Trinajstić information content (AvgIpc) is 2.93. The molecule has 1 fully saturated rings. The van der Waals surface area contributed by atoms with Crippen LogP contribution in [0.5, 0.6) is 5.75 Å². The first kappa shape index (κ1) is 31.1. The van der Waals surface area contributed by atoms with Gasteiger partial charge in [0.25, 0.3) is 0 Å². The fraction of sp³-hybridized carbons (Fsp3) is 0.552. The first-order valence-corrected chi connectivity index (χ1v) is 13.1. The minimum absolute atomic E-state index is 0.0769. The Bertz CT molecular complexity index is 1070. The van der Waals surface area contributed by atoms with Gasteiger partial charge in [0.15, 0.2) is 0 Å². The van der Waals surface area contributed by atoms with Gasteiger partial charge in [-0.1, -0.05) is 24.3 Å². The Balaban J connectivity index is 1.64. The molecule has 0 radical (unpaired) electrons. The van der Waals surface area contributed by atoms with Gasteiger partial charge in [-0.25, -0.2) is 0 Å². The number of ether oxygens (including phenoxy) is 1. The Morgan fingerprint density at radius 1 is 0.897 bits per heavy atom. The number of phenols is 1. The molecule has 10 nitrogen and oxygen atoms in total. The van der Waals surface area contributed by atoms with Crippen molar-refractivity contribution in [2.24, 2.45) is 5.41 Å². The first-order chi connectivity index (χ1) is 18.6. The van der Waals surface area contributed by atoms with Crippen molar-refractivity contribution < 1.29 is 50.4 Å². The third kappa shape index (κ3) is 7.41. The largest absolute Gasteiger partial charge is 0.508 e. The number of aromatic hydroxyl groups is 1. The summed E-state index contributed by atoms with van der Waals surface area (Å²) >= 11 is 0. The Labute approximate surface area is 227 Å². The summed E-state index contributed by atoms with van der Waals surface area (Å²) in [5, 5.41) is 79.0. The molecule has 5 atom stereocenters. The summed E-state index contributed by atoms with van der Waals surface area (Å²) in [6.07, 6.45) is -4.78. The quantitative estimate of drug-likeness (QED) is 0.170. The molecule has 1 aliphatic heterocycles. The molecule has 0 aromatic heterocycles. The van der Waals surface area contributed by atoms with E-state index < -0.39 is 62.4 Å². The van der Waals surface area contributed by atoms with Gasteiger partial charge in [-0.3, -0.25) is 4.79 Å². The molecule has 216 valence electrons. The van der Waals surface area contributed by atoms with Crippen molar-refractivity contribution in [3.63, 3.8) is 0 Å². The van der Waals surface area contributed by atoms with Crippen molar-refractivity contribution in [1.82, 2.24) is 0 Å². The van der Waals surface area contributed by atoms with Crippen LogP contribution in [-0.4, -0.2) is 97.5 Å². The monoisotopic (exact) mass is 548 g/mol. The van der Waals surface area contributed by atoms with Crippen LogP contribution in [0.15, 0.2) is 36.4 Å². The summed E-state index contributed by atoms with van der Waals surface area (Å²) in [6, 6.07) is 11.1. The van der Waals surface area contributed by atoms with Gasteiger partial charge in [0.1, 0.15) is 42.1 Å². The van der Waals surface area contributed by atoms with Crippen LogP contribution < -0.4 is 0 Å².